The third-order valence-corrected chi connectivity index (χ3v) is 3.77. The van der Waals surface area contributed by atoms with Gasteiger partial charge in [-0.3, -0.25) is 0 Å². The van der Waals surface area contributed by atoms with Crippen molar-refractivity contribution in [3.8, 4) is 0 Å². The third-order valence-electron chi connectivity index (χ3n) is 3.77. The summed E-state index contributed by atoms with van der Waals surface area (Å²) in [5.41, 5.74) is 1.23. The molecule has 0 amide bonds. The fraction of sp³-hybridized carbons (Fsp3) is 0.733. The first kappa shape index (κ1) is 15.0. The predicted octanol–water partition coefficient (Wildman–Crippen LogP) is 2.50. The first-order chi connectivity index (χ1) is 9.67. The molecule has 20 heavy (non-hydrogen) atoms. The minimum absolute atomic E-state index is 0.404. The summed E-state index contributed by atoms with van der Waals surface area (Å²) in [5, 5.41) is 3.36. The Balaban J connectivity index is 2.25. The molecule has 0 spiro atoms. The fourth-order valence-electron chi connectivity index (χ4n) is 2.87. The summed E-state index contributed by atoms with van der Waals surface area (Å²) < 4.78 is 5.28. The van der Waals surface area contributed by atoms with Gasteiger partial charge in [0.2, 0.25) is 0 Å². The molecule has 112 valence electrons. The van der Waals surface area contributed by atoms with E-state index < -0.39 is 0 Å². The summed E-state index contributed by atoms with van der Waals surface area (Å²) >= 11 is 0. The summed E-state index contributed by atoms with van der Waals surface area (Å²) in [6.45, 7) is 10.3. The lowest BCUT2D eigenvalue weighted by Gasteiger charge is -2.24. The molecule has 0 saturated carbocycles. The monoisotopic (exact) mass is 278 g/mol. The van der Waals surface area contributed by atoms with Crippen LogP contribution in [-0.4, -0.2) is 43.3 Å². The Bertz CT molecular complexity index is 436. The van der Waals surface area contributed by atoms with Gasteiger partial charge in [-0.1, -0.05) is 13.8 Å². The third kappa shape index (κ3) is 3.20. The van der Waals surface area contributed by atoms with E-state index in [1.807, 2.05) is 0 Å². The summed E-state index contributed by atoms with van der Waals surface area (Å²) in [6.07, 6.45) is 2.84. The van der Waals surface area contributed by atoms with E-state index >= 15 is 0 Å². The van der Waals surface area contributed by atoms with E-state index in [1.54, 1.807) is 13.4 Å². The second kappa shape index (κ2) is 6.88. The number of ether oxygens (including phenoxy) is 1. The Morgan fingerprint density at radius 3 is 2.90 bits per heavy atom. The van der Waals surface area contributed by atoms with Crippen LogP contribution in [0.2, 0.25) is 0 Å². The van der Waals surface area contributed by atoms with E-state index in [0.717, 1.165) is 37.9 Å². The zero-order valence-electron chi connectivity index (χ0n) is 13.0. The molecule has 0 radical (unpaired) electrons. The number of aromatic nitrogens is 2. The molecule has 2 heterocycles. The highest BCUT2D eigenvalue weighted by molar-refractivity contribution is 5.60. The number of nitrogens with zero attached hydrogens (tertiary/aromatic N) is 3. The molecule has 5 heteroatoms. The molecule has 0 aliphatic carbocycles. The van der Waals surface area contributed by atoms with Crippen molar-refractivity contribution in [1.82, 2.24) is 9.97 Å². The SMILES string of the molecule is CCNc1ncnc(N2CCC(COC)C2)c1C(C)C. The van der Waals surface area contributed by atoms with Gasteiger partial charge in [0, 0.05) is 38.2 Å². The van der Waals surface area contributed by atoms with Crippen molar-refractivity contribution in [3.63, 3.8) is 0 Å². The minimum atomic E-state index is 0.404. The van der Waals surface area contributed by atoms with Crippen molar-refractivity contribution < 1.29 is 4.74 Å². The highest BCUT2D eigenvalue weighted by Crippen LogP contribution is 2.33. The molecule has 0 bridgehead atoms. The van der Waals surface area contributed by atoms with Crippen molar-refractivity contribution in [2.45, 2.75) is 33.1 Å². The van der Waals surface area contributed by atoms with Crippen LogP contribution < -0.4 is 10.2 Å². The Labute approximate surface area is 121 Å². The normalized spacial score (nSPS) is 18.9. The molecule has 1 N–H and O–H groups in total. The summed E-state index contributed by atoms with van der Waals surface area (Å²) in [6, 6.07) is 0. The van der Waals surface area contributed by atoms with Crippen LogP contribution in [0.4, 0.5) is 11.6 Å². The average molecular weight is 278 g/mol. The molecule has 1 saturated heterocycles. The number of nitrogens with one attached hydrogen (secondary N) is 1. The molecule has 1 atom stereocenters. The number of hydrogen-bond acceptors (Lipinski definition) is 5. The lowest BCUT2D eigenvalue weighted by atomic mass is 10.0. The first-order valence-electron chi connectivity index (χ1n) is 7.50. The van der Waals surface area contributed by atoms with Gasteiger partial charge in [-0.25, -0.2) is 9.97 Å². The van der Waals surface area contributed by atoms with Crippen LogP contribution in [0.1, 0.15) is 38.7 Å². The molecule has 1 unspecified atom stereocenters. The van der Waals surface area contributed by atoms with E-state index in [2.05, 4.69) is 41.0 Å². The maximum Gasteiger partial charge on any atom is 0.137 e. The average Bonchev–Trinajstić information content (AvgIpc) is 2.87. The molecule has 1 fully saturated rings. The Kier molecular flexibility index (Phi) is 5.17. The molecule has 1 aliphatic rings. The largest absolute Gasteiger partial charge is 0.384 e. The molecule has 0 aromatic carbocycles. The van der Waals surface area contributed by atoms with Crippen molar-refractivity contribution in [1.29, 1.82) is 0 Å². The van der Waals surface area contributed by atoms with E-state index in [-0.39, 0.29) is 0 Å². The Hall–Kier alpha value is -1.36. The topological polar surface area (TPSA) is 50.3 Å². The van der Waals surface area contributed by atoms with Crippen molar-refractivity contribution in [2.75, 3.05) is 43.6 Å². The smallest absolute Gasteiger partial charge is 0.137 e. The van der Waals surface area contributed by atoms with Crippen LogP contribution in [0.15, 0.2) is 6.33 Å². The van der Waals surface area contributed by atoms with Crippen LogP contribution in [0.3, 0.4) is 0 Å². The molecule has 1 aromatic rings. The van der Waals surface area contributed by atoms with E-state index in [0.29, 0.717) is 11.8 Å². The minimum Gasteiger partial charge on any atom is -0.384 e. The van der Waals surface area contributed by atoms with Gasteiger partial charge in [0.1, 0.15) is 18.0 Å². The number of hydrogen-bond donors (Lipinski definition) is 1. The summed E-state index contributed by atoms with van der Waals surface area (Å²) in [7, 11) is 1.77. The van der Waals surface area contributed by atoms with Gasteiger partial charge in [-0.15, -0.1) is 0 Å². The first-order valence-corrected chi connectivity index (χ1v) is 7.50. The molecular weight excluding hydrogens is 252 g/mol. The van der Waals surface area contributed by atoms with Crippen molar-refractivity contribution in [3.05, 3.63) is 11.9 Å². The van der Waals surface area contributed by atoms with Gasteiger partial charge < -0.3 is 15.0 Å². The van der Waals surface area contributed by atoms with Crippen molar-refractivity contribution in [2.24, 2.45) is 5.92 Å². The number of rotatable bonds is 6. The predicted molar refractivity (Wildman–Crippen MR) is 82.5 cm³/mol. The van der Waals surface area contributed by atoms with Gasteiger partial charge in [0.15, 0.2) is 0 Å². The second-order valence-electron chi connectivity index (χ2n) is 5.70. The lowest BCUT2D eigenvalue weighted by molar-refractivity contribution is 0.161. The van der Waals surface area contributed by atoms with Crippen LogP contribution in [0, 0.1) is 5.92 Å². The highest BCUT2D eigenvalue weighted by atomic mass is 16.5. The van der Waals surface area contributed by atoms with Crippen LogP contribution in [0.5, 0.6) is 0 Å². The quantitative estimate of drug-likeness (QED) is 0.866. The van der Waals surface area contributed by atoms with E-state index in [4.69, 9.17) is 4.74 Å². The molecule has 1 aliphatic heterocycles. The van der Waals surface area contributed by atoms with Crippen molar-refractivity contribution >= 4 is 11.6 Å². The standard InChI is InChI=1S/C15H26N4O/c1-5-16-14-13(11(2)3)15(18-10-17-14)19-7-6-12(8-19)9-20-4/h10-12H,5-9H2,1-4H3,(H,16,17,18). The zero-order chi connectivity index (χ0) is 14.5. The van der Waals surface area contributed by atoms with Gasteiger partial charge in [-0.05, 0) is 19.3 Å². The summed E-state index contributed by atoms with van der Waals surface area (Å²) in [5.74, 6) is 3.08. The molecular formula is C15H26N4O. The van der Waals surface area contributed by atoms with Gasteiger partial charge >= 0.3 is 0 Å². The molecule has 2 rings (SSSR count). The lowest BCUT2D eigenvalue weighted by Crippen LogP contribution is -2.24. The molecule has 1 aromatic heterocycles. The van der Waals surface area contributed by atoms with E-state index in [1.165, 1.54) is 12.0 Å². The number of methoxy groups -OCH3 is 1. The maximum atomic E-state index is 5.28. The highest BCUT2D eigenvalue weighted by Gasteiger charge is 2.27. The van der Waals surface area contributed by atoms with Gasteiger partial charge in [0.25, 0.3) is 0 Å². The maximum absolute atomic E-state index is 5.28. The molecule has 5 nitrogen and oxygen atoms in total. The van der Waals surface area contributed by atoms with Gasteiger partial charge in [-0.2, -0.15) is 0 Å². The Morgan fingerprint density at radius 2 is 2.25 bits per heavy atom. The fourth-order valence-corrected chi connectivity index (χ4v) is 2.87. The number of anilines is 2. The van der Waals surface area contributed by atoms with Gasteiger partial charge in [0.05, 0.1) is 6.61 Å². The van der Waals surface area contributed by atoms with E-state index in [9.17, 15) is 0 Å². The van der Waals surface area contributed by atoms with Crippen LogP contribution >= 0.6 is 0 Å². The van der Waals surface area contributed by atoms with Crippen LogP contribution in [0.25, 0.3) is 0 Å². The Morgan fingerprint density at radius 1 is 1.45 bits per heavy atom. The summed E-state index contributed by atoms with van der Waals surface area (Å²) in [4.78, 5) is 11.3. The zero-order valence-corrected chi connectivity index (χ0v) is 13.0. The van der Waals surface area contributed by atoms with Crippen LogP contribution in [-0.2, 0) is 4.74 Å². The second-order valence-corrected chi connectivity index (χ2v) is 5.70.